The second-order valence-corrected chi connectivity index (χ2v) is 9.22. The zero-order valence-corrected chi connectivity index (χ0v) is 22.1. The van der Waals surface area contributed by atoms with Crippen molar-refractivity contribution in [3.8, 4) is 16.8 Å². The van der Waals surface area contributed by atoms with E-state index in [9.17, 15) is 0 Å². The van der Waals surface area contributed by atoms with Crippen LogP contribution < -0.4 is 0 Å². The molecule has 180 valence electrons. The fourth-order valence-corrected chi connectivity index (χ4v) is 5.65. The van der Waals surface area contributed by atoms with Crippen LogP contribution >= 0.6 is 0 Å². The molecule has 5 nitrogen and oxygen atoms in total. The summed E-state index contributed by atoms with van der Waals surface area (Å²) in [5.41, 5.74) is 9.79. The first kappa shape index (κ1) is 22.0. The summed E-state index contributed by atoms with van der Waals surface area (Å²) >= 11 is 0. The Bertz CT molecular complexity index is 2110. The van der Waals surface area contributed by atoms with Gasteiger partial charge in [0.1, 0.15) is 0 Å². The van der Waals surface area contributed by atoms with Crippen molar-refractivity contribution in [3.05, 3.63) is 110 Å². The fourth-order valence-electron chi connectivity index (χ4n) is 5.65. The molecule has 4 aromatic carbocycles. The summed E-state index contributed by atoms with van der Waals surface area (Å²) in [7, 11) is 2.04. The molecule has 37 heavy (non-hydrogen) atoms. The summed E-state index contributed by atoms with van der Waals surface area (Å²) in [4.78, 5) is 4.74. The van der Waals surface area contributed by atoms with E-state index in [4.69, 9.17) is 10.1 Å². The molecule has 0 aliphatic heterocycles. The van der Waals surface area contributed by atoms with Crippen LogP contribution in [0.5, 0.6) is 0 Å². The van der Waals surface area contributed by atoms with Gasteiger partial charge >= 0.3 is 0 Å². The second kappa shape index (κ2) is 8.15. The molecule has 0 unspecified atom stereocenters. The van der Waals surface area contributed by atoms with Crippen molar-refractivity contribution in [2.75, 3.05) is 0 Å². The molecule has 0 radical (unpaired) electrons. The van der Waals surface area contributed by atoms with E-state index >= 15 is 0 Å². The van der Waals surface area contributed by atoms with Crippen LogP contribution in [0.1, 0.15) is 0 Å². The summed E-state index contributed by atoms with van der Waals surface area (Å²) in [6, 6.07) is 35.3. The maximum atomic E-state index is 4.83. The van der Waals surface area contributed by atoms with Crippen LogP contribution in [0.3, 0.4) is 0 Å². The normalized spacial score (nSPS) is 11.7. The number of hydrogen-bond donors (Lipinski definition) is 0. The molecule has 0 aliphatic carbocycles. The Labute approximate surface area is 226 Å². The minimum Gasteiger partial charge on any atom is -0.333 e. The van der Waals surface area contributed by atoms with Gasteiger partial charge in [0.15, 0.2) is 0 Å². The summed E-state index contributed by atoms with van der Waals surface area (Å²) in [6.07, 6.45) is 3.85. The Morgan fingerprint density at radius 1 is 0.757 bits per heavy atom. The SMILES string of the molecule is Cn1cnc2c3ccc[c-]c3n3ncc(-c4ccc5c(c4)c4ccccc4n5-c4ccccc4)c3c21.[Pt]. The molecule has 0 spiro atoms. The van der Waals surface area contributed by atoms with Gasteiger partial charge in [-0.15, -0.1) is 0 Å². The number of imidazole rings is 1. The van der Waals surface area contributed by atoms with Gasteiger partial charge in [-0.3, -0.25) is 4.52 Å². The summed E-state index contributed by atoms with van der Waals surface area (Å²) in [5.74, 6) is 0. The van der Waals surface area contributed by atoms with Crippen LogP contribution in [0.15, 0.2) is 104 Å². The van der Waals surface area contributed by atoms with Crippen LogP contribution in [0, 0.1) is 6.07 Å². The predicted octanol–water partition coefficient (Wildman–Crippen LogP) is 6.94. The monoisotopic (exact) mass is 657 g/mol. The quantitative estimate of drug-likeness (QED) is 0.189. The molecule has 4 heterocycles. The van der Waals surface area contributed by atoms with Crippen molar-refractivity contribution < 1.29 is 21.1 Å². The Hall–Kier alpha value is -4.21. The van der Waals surface area contributed by atoms with E-state index in [1.807, 2.05) is 36.2 Å². The largest absolute Gasteiger partial charge is 0.333 e. The van der Waals surface area contributed by atoms with E-state index in [0.29, 0.717) is 0 Å². The number of benzene rings is 4. The Morgan fingerprint density at radius 2 is 1.54 bits per heavy atom. The van der Waals surface area contributed by atoms with Gasteiger partial charge in [-0.2, -0.15) is 29.4 Å². The minimum atomic E-state index is 0. The minimum absolute atomic E-state index is 0. The molecule has 8 rings (SSSR count). The average molecular weight is 658 g/mol. The number of rotatable bonds is 2. The number of hydrogen-bond acceptors (Lipinski definition) is 2. The molecule has 0 N–H and O–H groups in total. The zero-order chi connectivity index (χ0) is 23.8. The van der Waals surface area contributed by atoms with Crippen LogP contribution in [-0.4, -0.2) is 23.7 Å². The Balaban J connectivity index is 0.00000231. The van der Waals surface area contributed by atoms with Crippen molar-refractivity contribution in [2.45, 2.75) is 0 Å². The van der Waals surface area contributed by atoms with Crippen molar-refractivity contribution in [1.29, 1.82) is 0 Å². The number of aromatic nitrogens is 5. The molecule has 0 bridgehead atoms. The van der Waals surface area contributed by atoms with Gasteiger partial charge in [0.05, 0.1) is 34.6 Å². The first-order valence-corrected chi connectivity index (χ1v) is 12.0. The van der Waals surface area contributed by atoms with Gasteiger partial charge < -0.3 is 9.13 Å². The van der Waals surface area contributed by atoms with E-state index in [0.717, 1.165) is 44.3 Å². The third kappa shape index (κ3) is 3.01. The number of nitrogens with zero attached hydrogens (tertiary/aromatic N) is 5. The third-order valence-electron chi connectivity index (χ3n) is 7.23. The van der Waals surface area contributed by atoms with Gasteiger partial charge in [-0.1, -0.05) is 47.9 Å². The van der Waals surface area contributed by atoms with Crippen molar-refractivity contribution in [3.63, 3.8) is 0 Å². The van der Waals surface area contributed by atoms with Gasteiger partial charge in [0, 0.05) is 55.7 Å². The van der Waals surface area contributed by atoms with E-state index in [2.05, 4.69) is 94.1 Å². The van der Waals surface area contributed by atoms with E-state index in [1.165, 1.54) is 21.8 Å². The van der Waals surface area contributed by atoms with Crippen molar-refractivity contribution in [1.82, 2.24) is 23.7 Å². The van der Waals surface area contributed by atoms with E-state index < -0.39 is 0 Å². The van der Waals surface area contributed by atoms with Crippen LogP contribution in [0.25, 0.3) is 66.1 Å². The molecule has 4 aromatic heterocycles. The summed E-state index contributed by atoms with van der Waals surface area (Å²) < 4.78 is 6.43. The maximum Gasteiger partial charge on any atom is 0.0970 e. The first-order valence-electron chi connectivity index (χ1n) is 12.0. The van der Waals surface area contributed by atoms with E-state index in [1.54, 1.807) is 0 Å². The smallest absolute Gasteiger partial charge is 0.0970 e. The van der Waals surface area contributed by atoms with Crippen LogP contribution in [-0.2, 0) is 28.1 Å². The number of para-hydroxylation sites is 3. The van der Waals surface area contributed by atoms with Gasteiger partial charge in [-0.05, 0) is 41.4 Å². The third-order valence-corrected chi connectivity index (χ3v) is 7.23. The molecule has 0 saturated heterocycles. The molecule has 8 aromatic rings. The average Bonchev–Trinajstić information content (AvgIpc) is 3.63. The molecular formula is C31H20N5Pt-. The topological polar surface area (TPSA) is 40.1 Å². The molecule has 6 heteroatoms. The summed E-state index contributed by atoms with van der Waals surface area (Å²) in [6.45, 7) is 0. The molecule has 0 amide bonds. The van der Waals surface area contributed by atoms with Crippen molar-refractivity contribution in [2.24, 2.45) is 7.05 Å². The van der Waals surface area contributed by atoms with E-state index in [-0.39, 0.29) is 21.1 Å². The standard InChI is InChI=1S/C31H20N5.Pt/c1-34-19-32-29-23-12-6-8-14-28(23)36-30(31(29)34)25(18-33-36)20-15-16-27-24(17-20)22-11-5-7-13-26(22)35(27)21-9-3-2-4-10-21;/h2-13,15-19H,1H3;/q-1;. The number of aryl methyl sites for hydroxylation is 1. The fraction of sp³-hybridized carbons (Fsp3) is 0.0323. The maximum absolute atomic E-state index is 4.83. The molecule has 0 atom stereocenters. The first-order chi connectivity index (χ1) is 17.8. The molecule has 0 saturated carbocycles. The number of pyridine rings is 1. The zero-order valence-electron chi connectivity index (χ0n) is 19.9. The van der Waals surface area contributed by atoms with Gasteiger partial charge in [-0.25, -0.2) is 4.98 Å². The predicted molar refractivity (Wildman–Crippen MR) is 146 cm³/mol. The van der Waals surface area contributed by atoms with Crippen LogP contribution in [0.4, 0.5) is 0 Å². The second-order valence-electron chi connectivity index (χ2n) is 9.22. The molecule has 0 fully saturated rings. The Kier molecular flexibility index (Phi) is 4.85. The van der Waals surface area contributed by atoms with Crippen molar-refractivity contribution >= 4 is 49.3 Å². The Morgan fingerprint density at radius 3 is 2.43 bits per heavy atom. The van der Waals surface area contributed by atoms with Gasteiger partial charge in [0.2, 0.25) is 0 Å². The summed E-state index contributed by atoms with van der Waals surface area (Å²) in [5, 5.41) is 8.34. The van der Waals surface area contributed by atoms with Gasteiger partial charge in [0.25, 0.3) is 0 Å². The molecule has 0 aliphatic rings. The molecular weight excluding hydrogens is 637 g/mol. The number of fused-ring (bicyclic) bond motifs is 9. The van der Waals surface area contributed by atoms with Crippen LogP contribution in [0.2, 0.25) is 0 Å².